The molecule has 6 nitrogen and oxygen atoms in total. The first-order chi connectivity index (χ1) is 14.3. The summed E-state index contributed by atoms with van der Waals surface area (Å²) in [6.07, 6.45) is 3.91. The number of nitrogens with zero attached hydrogens (tertiary/aromatic N) is 2. The van der Waals surface area contributed by atoms with Crippen LogP contribution in [0.1, 0.15) is 34.6 Å². The number of carbonyl (C=O) groups is 1. The molecule has 1 aliphatic carbocycles. The Morgan fingerprint density at radius 1 is 1.10 bits per heavy atom. The Kier molecular flexibility index (Phi) is 4.77. The van der Waals surface area contributed by atoms with Crippen LogP contribution in [0.2, 0.25) is 0 Å². The molecule has 1 unspecified atom stereocenters. The fourth-order valence-electron chi connectivity index (χ4n) is 4.01. The van der Waals surface area contributed by atoms with Crippen molar-refractivity contribution in [2.45, 2.75) is 31.8 Å². The van der Waals surface area contributed by atoms with Gasteiger partial charge in [-0.2, -0.15) is 5.10 Å². The molecule has 148 valence electrons. The van der Waals surface area contributed by atoms with Crippen molar-refractivity contribution in [2.75, 3.05) is 18.5 Å². The van der Waals surface area contributed by atoms with Gasteiger partial charge in [0, 0.05) is 23.4 Å². The molecule has 0 radical (unpaired) electrons. The van der Waals surface area contributed by atoms with Gasteiger partial charge in [-0.3, -0.25) is 4.79 Å². The number of anilines is 1. The summed E-state index contributed by atoms with van der Waals surface area (Å²) in [5.74, 6) is 0.614. The lowest BCUT2D eigenvalue weighted by molar-refractivity contribution is 0.102. The van der Waals surface area contributed by atoms with Gasteiger partial charge >= 0.3 is 0 Å². The van der Waals surface area contributed by atoms with Gasteiger partial charge in [0.1, 0.15) is 11.9 Å². The second-order valence-corrected chi connectivity index (χ2v) is 7.46. The fraction of sp³-hybridized carbons (Fsp3) is 0.304. The van der Waals surface area contributed by atoms with E-state index in [1.54, 1.807) is 0 Å². The zero-order valence-electron chi connectivity index (χ0n) is 16.1. The average Bonchev–Trinajstić information content (AvgIpc) is 3.48. The van der Waals surface area contributed by atoms with Crippen LogP contribution in [0.25, 0.3) is 5.69 Å². The smallest absolute Gasteiger partial charge is 0.276 e. The summed E-state index contributed by atoms with van der Waals surface area (Å²) in [6.45, 7) is 1.38. The number of ether oxygens (including phenoxy) is 2. The highest BCUT2D eigenvalue weighted by Gasteiger charge is 2.27. The molecule has 0 saturated carbocycles. The Morgan fingerprint density at radius 2 is 1.93 bits per heavy atom. The van der Waals surface area contributed by atoms with Gasteiger partial charge in [-0.15, -0.1) is 0 Å². The Bertz CT molecular complexity index is 1010. The summed E-state index contributed by atoms with van der Waals surface area (Å²) in [5.41, 5.74) is 4.44. The van der Waals surface area contributed by atoms with Crippen LogP contribution in [-0.4, -0.2) is 35.0 Å². The maximum Gasteiger partial charge on any atom is 0.276 e. The van der Waals surface area contributed by atoms with Crippen LogP contribution >= 0.6 is 0 Å². The zero-order chi connectivity index (χ0) is 19.6. The minimum absolute atomic E-state index is 0.111. The molecule has 3 aromatic rings. The zero-order valence-corrected chi connectivity index (χ0v) is 16.1. The van der Waals surface area contributed by atoms with E-state index in [0.29, 0.717) is 12.3 Å². The monoisotopic (exact) mass is 389 g/mol. The number of fused-ring (bicyclic) bond motifs is 1. The van der Waals surface area contributed by atoms with Gasteiger partial charge in [-0.05, 0) is 55.7 Å². The standard InChI is InChI=1S/C23H23N3O3/c27-23(24-16-9-11-18(12-10-16)29-19-13-14-28-15-19)22-20-7-4-8-21(20)26(25-22)17-5-2-1-3-6-17/h1-3,5-6,9-12,19H,4,7-8,13-15H2,(H,24,27). The number of para-hydroxylation sites is 1. The number of carbonyl (C=O) groups excluding carboxylic acids is 1. The molecule has 1 aliphatic heterocycles. The molecule has 2 aromatic carbocycles. The van der Waals surface area contributed by atoms with Crippen molar-refractivity contribution in [3.8, 4) is 11.4 Å². The lowest BCUT2D eigenvalue weighted by Crippen LogP contribution is -2.16. The maximum atomic E-state index is 12.9. The number of hydrogen-bond donors (Lipinski definition) is 1. The number of amides is 1. The van der Waals surface area contributed by atoms with E-state index in [9.17, 15) is 4.79 Å². The predicted octanol–water partition coefficient (Wildman–Crippen LogP) is 3.78. The SMILES string of the molecule is O=C(Nc1ccc(OC2CCOC2)cc1)c1nn(-c2ccccc2)c2c1CCC2. The number of aromatic nitrogens is 2. The highest BCUT2D eigenvalue weighted by atomic mass is 16.5. The summed E-state index contributed by atoms with van der Waals surface area (Å²) < 4.78 is 13.1. The molecule has 5 rings (SSSR count). The largest absolute Gasteiger partial charge is 0.488 e. The quantitative estimate of drug-likeness (QED) is 0.721. The molecule has 1 amide bonds. The van der Waals surface area contributed by atoms with E-state index in [-0.39, 0.29) is 12.0 Å². The molecule has 6 heteroatoms. The lowest BCUT2D eigenvalue weighted by atomic mass is 10.2. The minimum Gasteiger partial charge on any atom is -0.488 e. The summed E-state index contributed by atoms with van der Waals surface area (Å²) in [5, 5.41) is 7.63. The van der Waals surface area contributed by atoms with E-state index < -0.39 is 0 Å². The second-order valence-electron chi connectivity index (χ2n) is 7.46. The normalized spacial score (nSPS) is 17.9. The third-order valence-corrected chi connectivity index (χ3v) is 5.45. The minimum atomic E-state index is -0.171. The van der Waals surface area contributed by atoms with E-state index in [2.05, 4.69) is 10.4 Å². The van der Waals surface area contributed by atoms with Crippen molar-refractivity contribution >= 4 is 11.6 Å². The van der Waals surface area contributed by atoms with Crippen molar-refractivity contribution < 1.29 is 14.3 Å². The van der Waals surface area contributed by atoms with Crippen LogP contribution in [0.3, 0.4) is 0 Å². The van der Waals surface area contributed by atoms with Gasteiger partial charge in [0.15, 0.2) is 5.69 Å². The second kappa shape index (κ2) is 7.72. The number of hydrogen-bond acceptors (Lipinski definition) is 4. The Morgan fingerprint density at radius 3 is 2.69 bits per heavy atom. The van der Waals surface area contributed by atoms with Crippen molar-refractivity contribution in [2.24, 2.45) is 0 Å². The van der Waals surface area contributed by atoms with Crippen molar-refractivity contribution in [3.63, 3.8) is 0 Å². The third kappa shape index (κ3) is 3.63. The van der Waals surface area contributed by atoms with Crippen LogP contribution in [-0.2, 0) is 17.6 Å². The number of benzene rings is 2. The van der Waals surface area contributed by atoms with Gasteiger partial charge in [0.05, 0.1) is 18.9 Å². The highest BCUT2D eigenvalue weighted by Crippen LogP contribution is 2.28. The van der Waals surface area contributed by atoms with Gasteiger partial charge < -0.3 is 14.8 Å². The Hall–Kier alpha value is -3.12. The third-order valence-electron chi connectivity index (χ3n) is 5.45. The van der Waals surface area contributed by atoms with Crippen LogP contribution in [0.4, 0.5) is 5.69 Å². The molecule has 0 bridgehead atoms. The fourth-order valence-corrected chi connectivity index (χ4v) is 4.01. The number of nitrogens with one attached hydrogen (secondary N) is 1. The van der Waals surface area contributed by atoms with Crippen molar-refractivity contribution in [1.29, 1.82) is 0 Å². The van der Waals surface area contributed by atoms with Crippen LogP contribution in [0.15, 0.2) is 54.6 Å². The predicted molar refractivity (Wildman–Crippen MR) is 110 cm³/mol. The summed E-state index contributed by atoms with van der Waals surface area (Å²) in [7, 11) is 0. The van der Waals surface area contributed by atoms with Gasteiger partial charge in [0.2, 0.25) is 0 Å². The summed E-state index contributed by atoms with van der Waals surface area (Å²) in [6, 6.07) is 17.5. The van der Waals surface area contributed by atoms with E-state index in [1.165, 1.54) is 0 Å². The van der Waals surface area contributed by atoms with Gasteiger partial charge in [-0.25, -0.2) is 4.68 Å². The molecular formula is C23H23N3O3. The summed E-state index contributed by atoms with van der Waals surface area (Å²) in [4.78, 5) is 12.9. The lowest BCUT2D eigenvalue weighted by Gasteiger charge is -2.12. The molecule has 2 heterocycles. The van der Waals surface area contributed by atoms with E-state index in [0.717, 1.165) is 60.7 Å². The summed E-state index contributed by atoms with van der Waals surface area (Å²) >= 11 is 0. The van der Waals surface area contributed by atoms with E-state index in [1.807, 2.05) is 59.3 Å². The van der Waals surface area contributed by atoms with Gasteiger partial charge in [0.25, 0.3) is 5.91 Å². The van der Waals surface area contributed by atoms with Crippen molar-refractivity contribution in [1.82, 2.24) is 9.78 Å². The first-order valence-corrected chi connectivity index (χ1v) is 10.1. The Balaban J connectivity index is 1.33. The average molecular weight is 389 g/mol. The van der Waals surface area contributed by atoms with Crippen LogP contribution in [0, 0.1) is 0 Å². The topological polar surface area (TPSA) is 65.4 Å². The van der Waals surface area contributed by atoms with E-state index >= 15 is 0 Å². The molecule has 1 aromatic heterocycles. The molecule has 0 spiro atoms. The molecular weight excluding hydrogens is 366 g/mol. The molecule has 1 saturated heterocycles. The van der Waals surface area contributed by atoms with E-state index in [4.69, 9.17) is 9.47 Å². The first-order valence-electron chi connectivity index (χ1n) is 10.1. The molecule has 1 atom stereocenters. The highest BCUT2D eigenvalue weighted by molar-refractivity contribution is 6.04. The Labute approximate surface area is 169 Å². The first kappa shape index (κ1) is 17.9. The molecule has 29 heavy (non-hydrogen) atoms. The number of rotatable bonds is 5. The maximum absolute atomic E-state index is 12.9. The molecule has 2 aliphatic rings. The van der Waals surface area contributed by atoms with Crippen LogP contribution < -0.4 is 10.1 Å². The molecule has 1 N–H and O–H groups in total. The molecule has 1 fully saturated rings. The van der Waals surface area contributed by atoms with Gasteiger partial charge in [-0.1, -0.05) is 18.2 Å². The van der Waals surface area contributed by atoms with Crippen molar-refractivity contribution in [3.05, 3.63) is 71.5 Å². The van der Waals surface area contributed by atoms with Crippen LogP contribution in [0.5, 0.6) is 5.75 Å².